The summed E-state index contributed by atoms with van der Waals surface area (Å²) in [4.78, 5) is 22.2. The van der Waals surface area contributed by atoms with Crippen LogP contribution < -0.4 is 10.2 Å². The van der Waals surface area contributed by atoms with Crippen LogP contribution in [-0.4, -0.2) is 23.1 Å². The van der Waals surface area contributed by atoms with Gasteiger partial charge in [-0.15, -0.1) is 0 Å². The molecule has 1 amide bonds. The van der Waals surface area contributed by atoms with Gasteiger partial charge in [0.2, 0.25) is 0 Å². The lowest BCUT2D eigenvalue weighted by Gasteiger charge is -2.08. The summed E-state index contributed by atoms with van der Waals surface area (Å²) >= 11 is 0. The summed E-state index contributed by atoms with van der Waals surface area (Å²) < 4.78 is 5.42. The number of carbonyl (C=O) groups is 1. The molecule has 7 heteroatoms. The first-order chi connectivity index (χ1) is 12.4. The van der Waals surface area contributed by atoms with Crippen LogP contribution in [0.1, 0.15) is 37.8 Å². The summed E-state index contributed by atoms with van der Waals surface area (Å²) in [5.41, 5.74) is 4.57. The van der Waals surface area contributed by atoms with E-state index in [2.05, 4.69) is 24.4 Å². The van der Waals surface area contributed by atoms with Crippen molar-refractivity contribution in [2.45, 2.75) is 26.7 Å². The topological polar surface area (TPSA) is 93.8 Å². The van der Waals surface area contributed by atoms with Gasteiger partial charge in [0.05, 0.1) is 10.6 Å². The van der Waals surface area contributed by atoms with Crippen LogP contribution in [0, 0.1) is 10.1 Å². The third-order valence-corrected chi connectivity index (χ3v) is 3.74. The number of amides is 1. The maximum Gasteiger partial charge on any atom is 0.277 e. The molecule has 0 radical (unpaired) electrons. The third kappa shape index (κ3) is 5.41. The number of carbonyl (C=O) groups excluding carboxylic acids is 1. The van der Waals surface area contributed by atoms with Crippen LogP contribution in [0.4, 0.5) is 5.69 Å². The lowest BCUT2D eigenvalue weighted by molar-refractivity contribution is -0.384. The first kappa shape index (κ1) is 19.1. The minimum absolute atomic E-state index is 0.0310. The van der Waals surface area contributed by atoms with Crippen molar-refractivity contribution in [2.24, 2.45) is 5.10 Å². The van der Waals surface area contributed by atoms with E-state index in [4.69, 9.17) is 4.74 Å². The lowest BCUT2D eigenvalue weighted by atomic mass is 10.0. The molecule has 0 saturated heterocycles. The molecular weight excluding hydrogens is 334 g/mol. The molecule has 7 nitrogen and oxygen atoms in total. The van der Waals surface area contributed by atoms with Gasteiger partial charge < -0.3 is 4.74 Å². The lowest BCUT2D eigenvalue weighted by Crippen LogP contribution is -2.25. The molecule has 0 unspecified atom stereocenters. The number of hydrogen-bond acceptors (Lipinski definition) is 5. The molecule has 0 aliphatic heterocycles. The van der Waals surface area contributed by atoms with Gasteiger partial charge in [-0.2, -0.15) is 5.10 Å². The number of rotatable bonds is 7. The monoisotopic (exact) mass is 355 g/mol. The second-order valence-electron chi connectivity index (χ2n) is 6.05. The number of ether oxygens (including phenoxy) is 1. The number of nitrogens with one attached hydrogen (secondary N) is 1. The van der Waals surface area contributed by atoms with Gasteiger partial charge >= 0.3 is 0 Å². The molecule has 2 aromatic carbocycles. The Labute approximate surface area is 151 Å². The highest BCUT2D eigenvalue weighted by atomic mass is 16.6. The van der Waals surface area contributed by atoms with Gasteiger partial charge in [0, 0.05) is 17.7 Å². The van der Waals surface area contributed by atoms with Crippen LogP contribution in [0.5, 0.6) is 5.75 Å². The van der Waals surface area contributed by atoms with Crippen LogP contribution in [0.3, 0.4) is 0 Å². The quantitative estimate of drug-likeness (QED) is 0.466. The highest BCUT2D eigenvalue weighted by Crippen LogP contribution is 2.18. The number of benzene rings is 2. The van der Waals surface area contributed by atoms with E-state index in [0.29, 0.717) is 22.9 Å². The van der Waals surface area contributed by atoms with Gasteiger partial charge in [0.25, 0.3) is 11.6 Å². The van der Waals surface area contributed by atoms with Crippen molar-refractivity contribution in [1.29, 1.82) is 0 Å². The maximum atomic E-state index is 11.9. The summed E-state index contributed by atoms with van der Waals surface area (Å²) in [5.74, 6) is 0.616. The Bertz CT molecular complexity index is 814. The smallest absolute Gasteiger partial charge is 0.277 e. The minimum atomic E-state index is -0.478. The van der Waals surface area contributed by atoms with E-state index in [9.17, 15) is 14.9 Å². The van der Waals surface area contributed by atoms with Gasteiger partial charge in [-0.3, -0.25) is 14.9 Å². The van der Waals surface area contributed by atoms with Crippen LogP contribution >= 0.6 is 0 Å². The van der Waals surface area contributed by atoms with E-state index < -0.39 is 10.8 Å². The standard InChI is InChI=1S/C19H21N3O4/c1-13(2)15-7-9-18(10-8-15)26-12-19(23)21-20-14(3)16-5-4-6-17(11-16)22(24)25/h4-11,13H,12H2,1-3H3,(H,21,23). The van der Waals surface area contributed by atoms with Crippen molar-refractivity contribution in [2.75, 3.05) is 6.61 Å². The number of hydrogen-bond donors (Lipinski definition) is 1. The molecule has 0 fully saturated rings. The highest BCUT2D eigenvalue weighted by molar-refractivity contribution is 5.99. The number of hydrazone groups is 1. The first-order valence-electron chi connectivity index (χ1n) is 8.17. The van der Waals surface area contributed by atoms with E-state index in [0.717, 1.165) is 0 Å². The van der Waals surface area contributed by atoms with Gasteiger partial charge in [-0.05, 0) is 30.5 Å². The van der Waals surface area contributed by atoms with E-state index in [1.807, 2.05) is 24.3 Å². The fourth-order valence-electron chi connectivity index (χ4n) is 2.19. The molecule has 136 valence electrons. The average Bonchev–Trinajstić information content (AvgIpc) is 2.64. The fraction of sp³-hybridized carbons (Fsp3) is 0.263. The summed E-state index contributed by atoms with van der Waals surface area (Å²) in [7, 11) is 0. The van der Waals surface area contributed by atoms with Gasteiger partial charge in [0.1, 0.15) is 5.75 Å². The largest absolute Gasteiger partial charge is 0.484 e. The summed E-state index contributed by atoms with van der Waals surface area (Å²) in [6.07, 6.45) is 0. The number of non-ortho nitro benzene ring substituents is 1. The van der Waals surface area contributed by atoms with E-state index in [-0.39, 0.29) is 12.3 Å². The molecule has 2 rings (SSSR count). The second kappa shape index (κ2) is 8.75. The highest BCUT2D eigenvalue weighted by Gasteiger charge is 2.08. The summed E-state index contributed by atoms with van der Waals surface area (Å²) in [6.45, 7) is 5.69. The van der Waals surface area contributed by atoms with Gasteiger partial charge in [0.15, 0.2) is 6.61 Å². The SMILES string of the molecule is CC(=NNC(=O)COc1ccc(C(C)C)cc1)c1cccc([N+](=O)[O-])c1. The van der Waals surface area contributed by atoms with Crippen LogP contribution in [0.2, 0.25) is 0 Å². The van der Waals surface area contributed by atoms with Crippen LogP contribution in [0.25, 0.3) is 0 Å². The molecule has 0 aromatic heterocycles. The van der Waals surface area contributed by atoms with Crippen molar-refractivity contribution in [1.82, 2.24) is 5.43 Å². The molecule has 0 atom stereocenters. The first-order valence-corrected chi connectivity index (χ1v) is 8.17. The number of nitro benzene ring substituents is 1. The Kier molecular flexibility index (Phi) is 6.43. The average molecular weight is 355 g/mol. The van der Waals surface area contributed by atoms with Crippen LogP contribution in [0.15, 0.2) is 53.6 Å². The van der Waals surface area contributed by atoms with Crippen molar-refractivity contribution in [3.05, 3.63) is 69.8 Å². The fourth-order valence-corrected chi connectivity index (χ4v) is 2.19. The number of nitro groups is 1. The molecule has 0 spiro atoms. The molecule has 0 heterocycles. The predicted molar refractivity (Wildman–Crippen MR) is 99.5 cm³/mol. The summed E-state index contributed by atoms with van der Waals surface area (Å²) in [6, 6.07) is 13.6. The van der Waals surface area contributed by atoms with Crippen LogP contribution in [-0.2, 0) is 4.79 Å². The molecule has 0 aliphatic carbocycles. The zero-order valence-corrected chi connectivity index (χ0v) is 14.9. The zero-order valence-electron chi connectivity index (χ0n) is 14.9. The van der Waals surface area contributed by atoms with E-state index in [1.54, 1.807) is 19.1 Å². The minimum Gasteiger partial charge on any atom is -0.484 e. The van der Waals surface area contributed by atoms with E-state index in [1.165, 1.54) is 17.7 Å². The molecule has 2 aromatic rings. The molecule has 0 bridgehead atoms. The van der Waals surface area contributed by atoms with Crippen molar-refractivity contribution in [3.63, 3.8) is 0 Å². The Morgan fingerprint density at radius 3 is 2.54 bits per heavy atom. The molecular formula is C19H21N3O4. The van der Waals surface area contributed by atoms with Crippen molar-refractivity contribution >= 4 is 17.3 Å². The number of nitrogens with zero attached hydrogens (tertiary/aromatic N) is 2. The maximum absolute atomic E-state index is 11.9. The third-order valence-electron chi connectivity index (χ3n) is 3.74. The van der Waals surface area contributed by atoms with Crippen molar-refractivity contribution < 1.29 is 14.5 Å². The Morgan fingerprint density at radius 1 is 1.23 bits per heavy atom. The Balaban J connectivity index is 1.90. The van der Waals surface area contributed by atoms with Crippen molar-refractivity contribution in [3.8, 4) is 5.75 Å². The molecule has 0 saturated carbocycles. The Morgan fingerprint density at radius 2 is 1.92 bits per heavy atom. The van der Waals surface area contributed by atoms with Gasteiger partial charge in [-0.25, -0.2) is 5.43 Å². The second-order valence-corrected chi connectivity index (χ2v) is 6.05. The molecule has 0 aliphatic rings. The normalized spacial score (nSPS) is 11.3. The predicted octanol–water partition coefficient (Wildman–Crippen LogP) is 3.64. The molecule has 1 N–H and O–H groups in total. The zero-order chi connectivity index (χ0) is 19.1. The Hall–Kier alpha value is -3.22. The van der Waals surface area contributed by atoms with E-state index >= 15 is 0 Å². The molecule has 26 heavy (non-hydrogen) atoms. The van der Waals surface area contributed by atoms with Gasteiger partial charge in [-0.1, -0.05) is 38.1 Å². The summed E-state index contributed by atoms with van der Waals surface area (Å²) in [5, 5.41) is 14.8.